The first-order valence-corrected chi connectivity index (χ1v) is 13.0. The lowest BCUT2D eigenvalue weighted by Gasteiger charge is -2.30. The van der Waals surface area contributed by atoms with Gasteiger partial charge >= 0.3 is 0 Å². The van der Waals surface area contributed by atoms with Gasteiger partial charge in [-0.3, -0.25) is 14.6 Å². The maximum Gasteiger partial charge on any atom is 0.241 e. The molecule has 0 bridgehead atoms. The van der Waals surface area contributed by atoms with E-state index in [1.165, 1.54) is 50.0 Å². The van der Waals surface area contributed by atoms with Crippen molar-refractivity contribution in [1.29, 1.82) is 0 Å². The van der Waals surface area contributed by atoms with E-state index in [0.29, 0.717) is 36.9 Å². The fourth-order valence-corrected chi connectivity index (χ4v) is 5.19. The Morgan fingerprint density at radius 2 is 1.75 bits per heavy atom. The molecule has 1 aromatic heterocycles. The molecular formula is C28H34FN5O2. The smallest absolute Gasteiger partial charge is 0.241 e. The van der Waals surface area contributed by atoms with Gasteiger partial charge in [0.2, 0.25) is 17.6 Å². The van der Waals surface area contributed by atoms with Gasteiger partial charge in [0.05, 0.1) is 12.5 Å². The van der Waals surface area contributed by atoms with Crippen molar-refractivity contribution in [2.75, 3.05) is 26.2 Å². The summed E-state index contributed by atoms with van der Waals surface area (Å²) in [6.45, 7) is 5.93. The van der Waals surface area contributed by atoms with Crippen molar-refractivity contribution >= 4 is 5.91 Å². The number of carbonyl (C=O) groups is 1. The fraction of sp³-hybridized carbons (Fsp3) is 0.464. The molecule has 3 heterocycles. The molecule has 190 valence electrons. The Bertz CT molecular complexity index is 1140. The molecule has 5 rings (SSSR count). The molecule has 36 heavy (non-hydrogen) atoms. The van der Waals surface area contributed by atoms with E-state index in [2.05, 4.69) is 49.5 Å². The molecule has 0 aliphatic carbocycles. The second kappa shape index (κ2) is 11.8. The molecule has 3 aromatic rings. The second-order valence-electron chi connectivity index (χ2n) is 9.97. The van der Waals surface area contributed by atoms with Crippen LogP contribution in [0.3, 0.4) is 0 Å². The van der Waals surface area contributed by atoms with Gasteiger partial charge in [-0.2, -0.15) is 4.98 Å². The van der Waals surface area contributed by atoms with Crippen LogP contribution in [-0.4, -0.2) is 52.0 Å². The third-order valence-electron chi connectivity index (χ3n) is 7.12. The number of nitrogens with zero attached hydrogens (tertiary/aromatic N) is 4. The van der Waals surface area contributed by atoms with E-state index >= 15 is 0 Å². The van der Waals surface area contributed by atoms with Crippen molar-refractivity contribution < 1.29 is 13.7 Å². The highest BCUT2D eigenvalue weighted by molar-refractivity contribution is 5.79. The number of carbonyl (C=O) groups excluding carboxylic acids is 1. The van der Waals surface area contributed by atoms with E-state index in [4.69, 9.17) is 4.52 Å². The van der Waals surface area contributed by atoms with Gasteiger partial charge in [-0.15, -0.1) is 0 Å². The number of aromatic nitrogens is 2. The predicted molar refractivity (Wildman–Crippen MR) is 135 cm³/mol. The van der Waals surface area contributed by atoms with Crippen molar-refractivity contribution in [3.63, 3.8) is 0 Å². The van der Waals surface area contributed by atoms with Gasteiger partial charge in [-0.1, -0.05) is 35.8 Å². The van der Waals surface area contributed by atoms with E-state index in [-0.39, 0.29) is 17.6 Å². The zero-order valence-corrected chi connectivity index (χ0v) is 20.7. The Morgan fingerprint density at radius 3 is 2.58 bits per heavy atom. The lowest BCUT2D eigenvalue weighted by atomic mass is 9.97. The molecule has 2 saturated heterocycles. The average Bonchev–Trinajstić information content (AvgIpc) is 3.37. The maximum atomic E-state index is 13.2. The SMILES string of the molecule is O=C(NCc1cccc(CN2CCCCC2)c1)C1CCCN(Cc2nc(-c3ccc(F)cc3)no2)C1. The number of benzene rings is 2. The van der Waals surface area contributed by atoms with E-state index in [1.807, 2.05) is 0 Å². The monoisotopic (exact) mass is 491 g/mol. The van der Waals surface area contributed by atoms with Gasteiger partial charge in [0.1, 0.15) is 5.82 Å². The van der Waals surface area contributed by atoms with Gasteiger partial charge in [-0.25, -0.2) is 4.39 Å². The zero-order valence-electron chi connectivity index (χ0n) is 20.7. The highest BCUT2D eigenvalue weighted by atomic mass is 19.1. The largest absolute Gasteiger partial charge is 0.352 e. The minimum absolute atomic E-state index is 0.0604. The summed E-state index contributed by atoms with van der Waals surface area (Å²) in [7, 11) is 0. The molecule has 0 saturated carbocycles. The Balaban J connectivity index is 1.11. The summed E-state index contributed by atoms with van der Waals surface area (Å²) in [6, 6.07) is 14.6. The number of hydrogen-bond acceptors (Lipinski definition) is 6. The Morgan fingerprint density at radius 1 is 0.972 bits per heavy atom. The number of amides is 1. The van der Waals surface area contributed by atoms with Crippen LogP contribution in [0.15, 0.2) is 53.1 Å². The molecule has 0 radical (unpaired) electrons. The normalized spacial score (nSPS) is 19.3. The standard InChI is InChI=1S/C28H34FN5O2/c29-25-11-9-23(10-12-25)27-31-26(36-32-27)20-34-15-5-8-24(19-34)28(35)30-17-21-6-4-7-22(16-21)18-33-13-2-1-3-14-33/h4,6-7,9-12,16,24H,1-3,5,8,13-15,17-20H2,(H,30,35). The maximum absolute atomic E-state index is 13.2. The molecule has 1 amide bonds. The number of likely N-dealkylation sites (tertiary alicyclic amines) is 2. The topological polar surface area (TPSA) is 74.5 Å². The first-order chi connectivity index (χ1) is 17.6. The van der Waals surface area contributed by atoms with Crippen LogP contribution in [0.4, 0.5) is 4.39 Å². The third kappa shape index (κ3) is 6.56. The predicted octanol–water partition coefficient (Wildman–Crippen LogP) is 4.39. The van der Waals surface area contributed by atoms with Crippen molar-refractivity contribution in [2.45, 2.75) is 51.7 Å². The summed E-state index contributed by atoms with van der Waals surface area (Å²) < 4.78 is 18.6. The minimum atomic E-state index is -0.301. The van der Waals surface area contributed by atoms with Crippen molar-refractivity contribution in [2.24, 2.45) is 5.92 Å². The molecule has 1 atom stereocenters. The van der Waals surface area contributed by atoms with Crippen LogP contribution >= 0.6 is 0 Å². The first kappa shape index (κ1) is 24.6. The number of hydrogen-bond donors (Lipinski definition) is 1. The van der Waals surface area contributed by atoms with Gasteiger partial charge in [0, 0.05) is 25.2 Å². The fourth-order valence-electron chi connectivity index (χ4n) is 5.19. The van der Waals surface area contributed by atoms with Crippen LogP contribution in [0.5, 0.6) is 0 Å². The average molecular weight is 492 g/mol. The lowest BCUT2D eigenvalue weighted by molar-refractivity contribution is -0.127. The molecular weight excluding hydrogens is 457 g/mol. The van der Waals surface area contributed by atoms with Gasteiger partial charge in [0.25, 0.3) is 0 Å². The van der Waals surface area contributed by atoms with Crippen molar-refractivity contribution in [3.8, 4) is 11.4 Å². The van der Waals surface area contributed by atoms with Gasteiger partial charge < -0.3 is 9.84 Å². The van der Waals surface area contributed by atoms with Crippen LogP contribution in [0.1, 0.15) is 49.1 Å². The number of piperidine rings is 2. The molecule has 2 fully saturated rings. The number of halogens is 1. The molecule has 2 aliphatic rings. The summed E-state index contributed by atoms with van der Waals surface area (Å²) in [4.78, 5) is 22.1. The summed E-state index contributed by atoms with van der Waals surface area (Å²) in [5, 5.41) is 7.18. The summed E-state index contributed by atoms with van der Waals surface area (Å²) in [5.41, 5.74) is 3.17. The van der Waals surface area contributed by atoms with Crippen molar-refractivity contribution in [3.05, 3.63) is 71.4 Å². The Kier molecular flexibility index (Phi) is 8.03. The second-order valence-corrected chi connectivity index (χ2v) is 9.97. The first-order valence-electron chi connectivity index (χ1n) is 13.0. The van der Waals surface area contributed by atoms with Crippen LogP contribution in [-0.2, 0) is 24.4 Å². The summed E-state index contributed by atoms with van der Waals surface area (Å²) in [5.74, 6) is 0.679. The highest BCUT2D eigenvalue weighted by Crippen LogP contribution is 2.21. The van der Waals surface area contributed by atoms with Crippen LogP contribution in [0.2, 0.25) is 0 Å². The molecule has 0 spiro atoms. The summed E-state index contributed by atoms with van der Waals surface area (Å²) in [6.07, 6.45) is 5.74. The highest BCUT2D eigenvalue weighted by Gasteiger charge is 2.27. The molecule has 8 heteroatoms. The van der Waals surface area contributed by atoms with Crippen LogP contribution in [0, 0.1) is 11.7 Å². The number of nitrogens with one attached hydrogen (secondary N) is 1. The molecule has 2 aliphatic heterocycles. The van der Waals surface area contributed by atoms with Gasteiger partial charge in [-0.05, 0) is 80.7 Å². The Labute approximate surface area is 211 Å². The van der Waals surface area contributed by atoms with E-state index in [1.54, 1.807) is 12.1 Å². The quantitative estimate of drug-likeness (QED) is 0.504. The van der Waals surface area contributed by atoms with Gasteiger partial charge in [0.15, 0.2) is 0 Å². The minimum Gasteiger partial charge on any atom is -0.352 e. The van der Waals surface area contributed by atoms with E-state index < -0.39 is 0 Å². The van der Waals surface area contributed by atoms with Crippen LogP contribution < -0.4 is 5.32 Å². The number of rotatable bonds is 8. The van der Waals surface area contributed by atoms with E-state index in [0.717, 1.165) is 31.5 Å². The van der Waals surface area contributed by atoms with Crippen molar-refractivity contribution in [1.82, 2.24) is 25.3 Å². The van der Waals surface area contributed by atoms with E-state index in [9.17, 15) is 9.18 Å². The Hall–Kier alpha value is -3.10. The zero-order chi connectivity index (χ0) is 24.7. The summed E-state index contributed by atoms with van der Waals surface area (Å²) >= 11 is 0. The molecule has 7 nitrogen and oxygen atoms in total. The molecule has 2 aromatic carbocycles. The molecule has 1 unspecified atom stereocenters. The van der Waals surface area contributed by atoms with Crippen LogP contribution in [0.25, 0.3) is 11.4 Å². The molecule has 1 N–H and O–H groups in total. The third-order valence-corrected chi connectivity index (χ3v) is 7.12. The lowest BCUT2D eigenvalue weighted by Crippen LogP contribution is -2.42.